The monoisotopic (exact) mass is 2840 g/mol. The first kappa shape index (κ1) is 123. The number of aliphatic hydroxyl groups is 4. The van der Waals surface area contributed by atoms with Gasteiger partial charge in [-0.05, 0) is 149 Å². The van der Waals surface area contributed by atoms with Crippen LogP contribution in [0.4, 0.5) is 85.5 Å². The number of ether oxygens (including phenoxy) is 4. The van der Waals surface area contributed by atoms with Crippen LogP contribution < -0.4 is 52.9 Å². The van der Waals surface area contributed by atoms with Crippen molar-refractivity contribution in [1.29, 1.82) is 0 Å². The predicted octanol–water partition coefficient (Wildman–Crippen LogP) is 23.6. The molecule has 805 valence electrons. The van der Waals surface area contributed by atoms with Crippen molar-refractivity contribution in [3.8, 4) is 23.0 Å². The summed E-state index contributed by atoms with van der Waals surface area (Å²) in [7, 11) is -14.5. The zero-order valence-corrected chi connectivity index (χ0v) is 97.0. The van der Waals surface area contributed by atoms with E-state index in [0.717, 1.165) is 0 Å². The summed E-state index contributed by atoms with van der Waals surface area (Å²) in [6, 6.07) is 26.5. The fraction of sp³-hybridized carbons (Fsp3) is 0.430. The van der Waals surface area contributed by atoms with E-state index in [1.807, 2.05) is 72.8 Å². The van der Waals surface area contributed by atoms with Crippen molar-refractivity contribution in [2.75, 3.05) is 80.8 Å². The minimum absolute atomic E-state index is 0. The average molecular weight is 2840 g/mol. The molecule has 12 fully saturated rings. The normalized spacial score (nSPS) is 27.0. The Balaban J connectivity index is 0.000000242. The number of fused-ring (bicyclic) bond motifs is 16. The van der Waals surface area contributed by atoms with E-state index < -0.39 is 133 Å². The van der Waals surface area contributed by atoms with Crippen LogP contribution in [0, 0.1) is 101 Å². The number of nitrogens with zero attached hydrogens (tertiary/aromatic N) is 8. The van der Waals surface area contributed by atoms with Crippen LogP contribution in [0.1, 0.15) is 134 Å². The van der Waals surface area contributed by atoms with E-state index in [0.29, 0.717) is 201 Å². The molecule has 0 radical (unpaired) electrons. The molecule has 0 amide bonds. The number of hydrogen-bond donors (Lipinski definition) is 4. The van der Waals surface area contributed by atoms with Crippen LogP contribution in [0.25, 0.3) is 43.6 Å². The number of benzene rings is 6. The second-order valence-corrected chi connectivity index (χ2v) is 65.8. The first-order chi connectivity index (χ1) is 66.8. The summed E-state index contributed by atoms with van der Waals surface area (Å²) < 4.78 is 275. The standard InChI is InChI=1S/2C48H52F4N4O4.C3H5I3.CH3.2BrH.2F6P.2HI.V/c2*1-5-27-23-55(17-13-29(27)19-41(55)47(57)33-11-15-53-39-9-7-31(59-3)21-35(33)39)25-37-43(49)45(51)38(46(52)44(37)50)26-56-18-14-30(28(6-2)24-56)20-42(56)48(58)34-12-16-54-40-10-8-32(60-4)22-36(34)40;1-2-3(4,5)6;;;;2*1-7(2,3,4,5)6;;;/h2*5-12,15-16,21-22,27-30,41-42,47-48,57-58H,1-2,13-14,17-20,23-26H2,3-4H3;2H2,1H3;1H3;2*1H;;;2*1H;/q2*+2;;-1;;;2*-1;;;+2/p-4/t2*27-,28-,29-,30-,41-,42-,47+,48+,55-,56-;;;;;;;;;/m00........./s1. The molecule has 146 heavy (non-hydrogen) atoms. The molecule has 0 spiro atoms. The summed E-state index contributed by atoms with van der Waals surface area (Å²) in [6.45, 7) is 20.5. The number of methoxy groups -OCH3 is 4. The third kappa shape index (κ3) is 28.5. The fourth-order valence-corrected chi connectivity index (χ4v) is 23.7. The van der Waals surface area contributed by atoms with Crippen LogP contribution in [-0.2, 0) is 35.6 Å². The Kier molecular flexibility index (Phi) is 39.6. The van der Waals surface area contributed by atoms with Crippen molar-refractivity contribution < 1.29 is 186 Å². The van der Waals surface area contributed by atoms with E-state index in [1.165, 1.54) is 6.42 Å². The zero-order chi connectivity index (χ0) is 105. The van der Waals surface area contributed by atoms with E-state index in [9.17, 15) is 70.8 Å². The third-order valence-corrected chi connectivity index (χ3v) is 32.8. The Morgan fingerprint density at radius 2 is 0.541 bits per heavy atom. The van der Waals surface area contributed by atoms with Gasteiger partial charge in [-0.25, -0.2) is 35.1 Å². The van der Waals surface area contributed by atoms with Gasteiger partial charge in [-0.1, -0.05) is 99.0 Å². The van der Waals surface area contributed by atoms with Gasteiger partial charge in [0.1, 0.15) is 97.2 Å². The molecule has 10 aromatic rings. The van der Waals surface area contributed by atoms with Gasteiger partial charge in [0.2, 0.25) is 0 Å². The summed E-state index contributed by atoms with van der Waals surface area (Å²) in [5, 5.41) is 51.8. The number of aliphatic hydroxyl groups excluding tert-OH is 4. The first-order valence-electron chi connectivity index (χ1n) is 45.9. The molecule has 12 saturated heterocycles. The van der Waals surface area contributed by atoms with Gasteiger partial charge in [0, 0.05) is 121 Å². The first-order valence-corrected chi connectivity index (χ1v) is 62.2. The molecule has 0 aliphatic carbocycles. The summed E-state index contributed by atoms with van der Waals surface area (Å²) in [6.07, 6.45) is 15.8. The minimum atomic E-state index is -10.7. The number of pyridine rings is 4. The number of rotatable bonds is 25. The Hall–Kier alpha value is -4.55. The summed E-state index contributed by atoms with van der Waals surface area (Å²) in [5.41, 5.74) is 2.39. The number of hydrogen-bond acceptors (Lipinski definition) is 12. The fourth-order valence-electron chi connectivity index (χ4n) is 23.7. The Labute approximate surface area is 924 Å². The number of halogens is 27. The molecule has 46 heteroatoms. The maximum atomic E-state index is 16.8. The van der Waals surface area contributed by atoms with Gasteiger partial charge in [-0.3, -0.25) is 19.9 Å². The zero-order valence-electron chi connectivity index (χ0n) is 79.8. The SMILES string of the molecule is C=C[C@H]1C[N@+]2(Cc3c(F)c(F)c(C[N@@+]45CC[C@@H](C[C@H]4[C@H](O)c4ccnc6ccc(OC)cc46)[C@@H](C=C)C5)c(F)c3F)CC[C@H]1C[C@H]2[C@H](O)c1ccnc2ccc(OC)cc12.C=C[C@H]1C[N@+]2(Cc3c(F)c(F)c(C[N@@+]45CC[C@@H](C[C@H]4[C@H](O)c4ccnc6ccc(OC)cc46)[C@@H](C=C)C5)c(F)c3F)CC[C@H]1C[C@H]2[C@H](O)c1ccnc2ccc(OC)cc12.CCC(I)(I)I.F[P-](F)(F)(F)(F)F.F[P-](F)(F)(F)(F)F.[Br-].[Br-].[CH3-].[I][V][I]. The van der Waals surface area contributed by atoms with Gasteiger partial charge in [0.05, 0.1) is 125 Å². The average Bonchev–Trinajstić information content (AvgIpc) is 0.726. The number of aromatic nitrogens is 4. The van der Waals surface area contributed by atoms with Crippen LogP contribution in [0.5, 0.6) is 23.0 Å². The van der Waals surface area contributed by atoms with E-state index in [4.69, 9.17) is 18.9 Å². The summed E-state index contributed by atoms with van der Waals surface area (Å²) >= 11 is 12.0. The Morgan fingerprint density at radius 1 is 0.370 bits per heavy atom. The molecule has 12 aliphatic heterocycles. The molecule has 20 atom stereocenters. The summed E-state index contributed by atoms with van der Waals surface area (Å²) in [4.78, 5) is 17.9. The van der Waals surface area contributed by atoms with Crippen molar-refractivity contribution in [3.63, 3.8) is 0 Å². The van der Waals surface area contributed by atoms with E-state index in [2.05, 4.69) is 161 Å². The molecule has 12 aliphatic rings. The molecule has 8 bridgehead atoms. The quantitative estimate of drug-likeness (QED) is 0.00625. The van der Waals surface area contributed by atoms with Gasteiger partial charge in [-0.2, -0.15) is 0 Å². The van der Waals surface area contributed by atoms with Crippen LogP contribution >= 0.6 is 123 Å². The molecule has 4 aromatic heterocycles. The number of piperidine rings is 12. The number of alkyl halides is 3. The van der Waals surface area contributed by atoms with Crippen molar-refractivity contribution in [3.05, 3.63) is 271 Å². The molecule has 16 heterocycles. The van der Waals surface area contributed by atoms with E-state index in [1.54, 1.807) is 102 Å². The van der Waals surface area contributed by atoms with Crippen LogP contribution in [-0.4, -0.2) is 163 Å². The van der Waals surface area contributed by atoms with E-state index >= 15 is 35.1 Å². The van der Waals surface area contributed by atoms with Gasteiger partial charge in [0.25, 0.3) is 0 Å². The molecular formula is C100H112Br2F20I5N8O8P2V-. The molecule has 0 unspecified atom stereocenters. The molecule has 16 nitrogen and oxygen atoms in total. The van der Waals surface area contributed by atoms with Crippen molar-refractivity contribution in [2.45, 2.75) is 139 Å². The maximum absolute atomic E-state index is 16.8. The number of quaternary nitrogens is 4. The van der Waals surface area contributed by atoms with E-state index in [-0.39, 0.29) is 133 Å². The van der Waals surface area contributed by atoms with Crippen molar-refractivity contribution in [1.82, 2.24) is 19.9 Å². The van der Waals surface area contributed by atoms with Crippen LogP contribution in [0.2, 0.25) is 0 Å². The van der Waals surface area contributed by atoms with Crippen LogP contribution in [0.15, 0.2) is 172 Å². The molecule has 4 N–H and O–H groups in total. The van der Waals surface area contributed by atoms with Gasteiger partial charge < -0.3 is 98.7 Å². The predicted molar refractivity (Wildman–Crippen MR) is 558 cm³/mol. The van der Waals surface area contributed by atoms with Gasteiger partial charge in [0.15, 0.2) is 46.5 Å². The van der Waals surface area contributed by atoms with Crippen molar-refractivity contribution in [2.24, 2.45) is 47.3 Å². The van der Waals surface area contributed by atoms with Gasteiger partial charge >= 0.3 is 115 Å². The second-order valence-electron chi connectivity index (χ2n) is 38.4. The molecule has 22 rings (SSSR count). The third-order valence-electron chi connectivity index (χ3n) is 30.5. The van der Waals surface area contributed by atoms with Gasteiger partial charge in [-0.15, -0.1) is 26.3 Å². The summed E-state index contributed by atoms with van der Waals surface area (Å²) in [5.74, 6) is -8.24. The Bertz CT molecular complexity index is 5660. The second kappa shape index (κ2) is 46.9. The molecule has 6 aromatic carbocycles. The molecular weight excluding hydrogens is 2730 g/mol. The van der Waals surface area contributed by atoms with Crippen molar-refractivity contribution >= 4 is 167 Å². The molecule has 0 saturated carbocycles. The Morgan fingerprint density at radius 3 is 0.692 bits per heavy atom. The van der Waals surface area contributed by atoms with Crippen LogP contribution in [0.3, 0.4) is 0 Å². The topological polar surface area (TPSA) is 169 Å².